The van der Waals surface area contributed by atoms with Crippen LogP contribution >= 0.6 is 0 Å². The molecule has 2 aromatic rings. The average molecular weight is 342 g/mol. The van der Waals surface area contributed by atoms with Gasteiger partial charge < -0.3 is 15.2 Å². The minimum absolute atomic E-state index is 0.0505. The second-order valence-electron chi connectivity index (χ2n) is 7.66. The number of nitrogens with zero attached hydrogens (tertiary/aromatic N) is 3. The number of amides is 1. The predicted octanol–water partition coefficient (Wildman–Crippen LogP) is 3.18. The first-order valence-electron chi connectivity index (χ1n) is 9.41. The fourth-order valence-electron chi connectivity index (χ4n) is 3.81. The van der Waals surface area contributed by atoms with Gasteiger partial charge in [-0.15, -0.1) is 0 Å². The number of nitrogens with two attached hydrogens (primary N) is 1. The Balaban J connectivity index is 1.83. The van der Waals surface area contributed by atoms with Gasteiger partial charge in [-0.25, -0.2) is 4.98 Å². The van der Waals surface area contributed by atoms with Gasteiger partial charge in [0.15, 0.2) is 0 Å². The summed E-state index contributed by atoms with van der Waals surface area (Å²) < 4.78 is 5.50. The van der Waals surface area contributed by atoms with Crippen LogP contribution in [-0.4, -0.2) is 40.1 Å². The van der Waals surface area contributed by atoms with Crippen LogP contribution in [0, 0.1) is 0 Å². The van der Waals surface area contributed by atoms with Gasteiger partial charge in [-0.2, -0.15) is 0 Å². The number of aromatic nitrogens is 2. The van der Waals surface area contributed by atoms with Crippen LogP contribution in [0.2, 0.25) is 0 Å². The van der Waals surface area contributed by atoms with Crippen molar-refractivity contribution >= 4 is 17.0 Å². The minimum Gasteiger partial charge on any atom is -0.335 e. The van der Waals surface area contributed by atoms with Gasteiger partial charge in [0, 0.05) is 30.7 Å². The van der Waals surface area contributed by atoms with Crippen molar-refractivity contribution in [2.24, 2.45) is 5.73 Å². The molecule has 0 spiro atoms. The zero-order valence-corrected chi connectivity index (χ0v) is 15.0. The molecule has 2 aliphatic rings. The normalized spacial score (nSPS) is 21.3. The third kappa shape index (κ3) is 2.92. The van der Waals surface area contributed by atoms with E-state index in [0.717, 1.165) is 55.4 Å². The van der Waals surface area contributed by atoms with Crippen molar-refractivity contribution in [3.8, 4) is 0 Å². The van der Waals surface area contributed by atoms with Gasteiger partial charge in [0.05, 0.1) is 16.6 Å². The fourth-order valence-corrected chi connectivity index (χ4v) is 3.81. The van der Waals surface area contributed by atoms with E-state index < -0.39 is 0 Å². The monoisotopic (exact) mass is 342 g/mol. The number of likely N-dealkylation sites (tertiary alicyclic amines) is 1. The molecule has 1 saturated heterocycles. The van der Waals surface area contributed by atoms with Crippen molar-refractivity contribution in [2.45, 2.75) is 63.8 Å². The van der Waals surface area contributed by atoms with E-state index in [4.69, 9.17) is 10.3 Å². The van der Waals surface area contributed by atoms with Gasteiger partial charge in [-0.1, -0.05) is 19.0 Å². The van der Waals surface area contributed by atoms with Crippen molar-refractivity contribution in [3.63, 3.8) is 0 Å². The molecule has 1 amide bonds. The summed E-state index contributed by atoms with van der Waals surface area (Å²) in [6, 6.07) is 2.10. The molecule has 1 aliphatic carbocycles. The molecule has 2 aromatic heterocycles. The van der Waals surface area contributed by atoms with Crippen molar-refractivity contribution < 1.29 is 9.32 Å². The maximum atomic E-state index is 13.4. The highest BCUT2D eigenvalue weighted by Gasteiger charge is 2.33. The van der Waals surface area contributed by atoms with E-state index in [-0.39, 0.29) is 17.9 Å². The minimum atomic E-state index is 0.0505. The molecule has 1 atom stereocenters. The summed E-state index contributed by atoms with van der Waals surface area (Å²) in [6.07, 6.45) is 5.41. The van der Waals surface area contributed by atoms with Crippen molar-refractivity contribution in [3.05, 3.63) is 23.0 Å². The molecule has 6 heteroatoms. The quantitative estimate of drug-likeness (QED) is 0.922. The van der Waals surface area contributed by atoms with Crippen LogP contribution < -0.4 is 5.73 Å². The van der Waals surface area contributed by atoms with Crippen LogP contribution in [0.4, 0.5) is 0 Å². The summed E-state index contributed by atoms with van der Waals surface area (Å²) in [5.41, 5.74) is 8.90. The zero-order valence-electron chi connectivity index (χ0n) is 15.0. The second kappa shape index (κ2) is 6.41. The summed E-state index contributed by atoms with van der Waals surface area (Å²) >= 11 is 0. The number of hydrogen-bond donors (Lipinski definition) is 1. The lowest BCUT2D eigenvalue weighted by Crippen LogP contribution is -2.47. The molecule has 25 heavy (non-hydrogen) atoms. The first-order chi connectivity index (χ1) is 12.1. The number of pyridine rings is 1. The Morgan fingerprint density at radius 1 is 1.36 bits per heavy atom. The number of rotatable bonds is 4. The average Bonchev–Trinajstić information content (AvgIpc) is 3.39. The molecule has 6 nitrogen and oxygen atoms in total. The molecule has 0 aromatic carbocycles. The topological polar surface area (TPSA) is 85.2 Å². The first-order valence-corrected chi connectivity index (χ1v) is 9.41. The highest BCUT2D eigenvalue weighted by atomic mass is 16.5. The van der Waals surface area contributed by atoms with E-state index >= 15 is 0 Å². The first kappa shape index (κ1) is 16.5. The maximum Gasteiger partial charge on any atom is 0.259 e. The van der Waals surface area contributed by atoms with Gasteiger partial charge >= 0.3 is 0 Å². The van der Waals surface area contributed by atoms with E-state index in [0.29, 0.717) is 23.7 Å². The summed E-state index contributed by atoms with van der Waals surface area (Å²) in [5.74, 6) is 0.679. The van der Waals surface area contributed by atoms with Crippen molar-refractivity contribution in [2.75, 3.05) is 13.1 Å². The molecule has 0 radical (unpaired) electrons. The number of fused-ring (bicyclic) bond motifs is 1. The lowest BCUT2D eigenvalue weighted by molar-refractivity contribution is 0.0625. The van der Waals surface area contributed by atoms with Crippen molar-refractivity contribution in [1.29, 1.82) is 0 Å². The molecule has 2 N–H and O–H groups in total. The van der Waals surface area contributed by atoms with Crippen molar-refractivity contribution in [1.82, 2.24) is 15.0 Å². The van der Waals surface area contributed by atoms with E-state index in [9.17, 15) is 4.79 Å². The standard InChI is InChI=1S/C19H26N4O2/c1-11(2)17-16-14(19(24)23-8-4-3-5-13(23)10-20)9-15(12-6-7-12)21-18(16)25-22-17/h9,11-13H,3-8,10,20H2,1-2H3. The Labute approximate surface area is 147 Å². The Hall–Kier alpha value is -1.95. The summed E-state index contributed by atoms with van der Waals surface area (Å²) in [4.78, 5) is 20.0. The Morgan fingerprint density at radius 3 is 2.84 bits per heavy atom. The van der Waals surface area contributed by atoms with Gasteiger partial charge in [0.1, 0.15) is 0 Å². The van der Waals surface area contributed by atoms with Gasteiger partial charge in [-0.05, 0) is 44.1 Å². The molecule has 2 fully saturated rings. The van der Waals surface area contributed by atoms with E-state index in [1.807, 2.05) is 11.0 Å². The third-order valence-electron chi connectivity index (χ3n) is 5.43. The summed E-state index contributed by atoms with van der Waals surface area (Å²) in [6.45, 7) is 5.40. The Kier molecular flexibility index (Phi) is 4.23. The lowest BCUT2D eigenvalue weighted by Gasteiger charge is -2.35. The van der Waals surface area contributed by atoms with Gasteiger partial charge in [0.25, 0.3) is 11.6 Å². The SMILES string of the molecule is CC(C)c1noc2nc(C3CC3)cc(C(=O)N3CCCCC3CN)c12. The highest BCUT2D eigenvalue weighted by molar-refractivity contribution is 6.06. The largest absolute Gasteiger partial charge is 0.335 e. The summed E-state index contributed by atoms with van der Waals surface area (Å²) in [7, 11) is 0. The van der Waals surface area contributed by atoms with E-state index in [2.05, 4.69) is 24.0 Å². The van der Waals surface area contributed by atoms with Gasteiger partial charge in [0.2, 0.25) is 0 Å². The summed E-state index contributed by atoms with van der Waals surface area (Å²) in [5, 5.41) is 4.99. The third-order valence-corrected chi connectivity index (χ3v) is 5.43. The molecule has 1 aliphatic heterocycles. The van der Waals surface area contributed by atoms with Gasteiger partial charge in [-0.3, -0.25) is 4.79 Å². The molecule has 1 unspecified atom stereocenters. The molecule has 134 valence electrons. The molecule has 4 rings (SSSR count). The van der Waals surface area contributed by atoms with Crippen LogP contribution in [-0.2, 0) is 0 Å². The van der Waals surface area contributed by atoms with Crippen LogP contribution in [0.1, 0.15) is 79.5 Å². The second-order valence-corrected chi connectivity index (χ2v) is 7.66. The van der Waals surface area contributed by atoms with E-state index in [1.54, 1.807) is 0 Å². The molecular formula is C19H26N4O2. The highest BCUT2D eigenvalue weighted by Crippen LogP contribution is 2.41. The van der Waals surface area contributed by atoms with Crippen LogP contribution in [0.5, 0.6) is 0 Å². The Bertz CT molecular complexity index is 794. The predicted molar refractivity (Wildman–Crippen MR) is 95.6 cm³/mol. The molecular weight excluding hydrogens is 316 g/mol. The Morgan fingerprint density at radius 2 is 2.16 bits per heavy atom. The van der Waals surface area contributed by atoms with Crippen LogP contribution in [0.25, 0.3) is 11.1 Å². The number of piperidine rings is 1. The smallest absolute Gasteiger partial charge is 0.259 e. The van der Waals surface area contributed by atoms with E-state index in [1.165, 1.54) is 0 Å². The van der Waals surface area contributed by atoms with Crippen LogP contribution in [0.3, 0.4) is 0 Å². The molecule has 1 saturated carbocycles. The lowest BCUT2D eigenvalue weighted by atomic mass is 9.97. The van der Waals surface area contributed by atoms with Crippen LogP contribution in [0.15, 0.2) is 10.6 Å². The number of hydrogen-bond acceptors (Lipinski definition) is 5. The number of carbonyl (C=O) groups excluding carboxylic acids is 1. The maximum absolute atomic E-state index is 13.4. The molecule has 0 bridgehead atoms. The zero-order chi connectivity index (χ0) is 17.6. The molecule has 3 heterocycles. The fraction of sp³-hybridized carbons (Fsp3) is 0.632. The number of carbonyl (C=O) groups is 1.